The van der Waals surface area contributed by atoms with Gasteiger partial charge in [-0.05, 0) is 42.7 Å². The van der Waals surface area contributed by atoms with Crippen LogP contribution in [-0.2, 0) is 0 Å². The molecular weight excluding hydrogens is 366 g/mol. The number of aromatic amines is 1. The van der Waals surface area contributed by atoms with Crippen LogP contribution in [0.2, 0.25) is 0 Å². The lowest BCUT2D eigenvalue weighted by Crippen LogP contribution is -2.27. The number of para-hydroxylation sites is 1. The Balaban J connectivity index is 1.60. The molecule has 1 atom stereocenters. The standard InChI is InChI=1S/C22H21N5O2/c1-29-17-10-5-7-15(13-17)19-11-6-12-26(19)22-24-20-18(21(28)25-22)14-23-27(20)16-8-3-2-4-9-16/h2-5,7-10,13-14,19H,6,11-12H2,1H3,(H,24,25,28)/t19-/m1/s1. The summed E-state index contributed by atoms with van der Waals surface area (Å²) >= 11 is 0. The lowest BCUT2D eigenvalue weighted by molar-refractivity contribution is 0.414. The van der Waals surface area contributed by atoms with Gasteiger partial charge >= 0.3 is 0 Å². The fraction of sp³-hybridized carbons (Fsp3) is 0.227. The Bertz CT molecular complexity index is 1210. The van der Waals surface area contributed by atoms with E-state index in [4.69, 9.17) is 9.72 Å². The molecule has 1 fully saturated rings. The molecule has 146 valence electrons. The molecular formula is C22H21N5O2. The lowest BCUT2D eigenvalue weighted by Gasteiger charge is -2.25. The Labute approximate surface area is 167 Å². The van der Waals surface area contributed by atoms with Crippen LogP contribution < -0.4 is 15.2 Å². The van der Waals surface area contributed by atoms with Gasteiger partial charge in [0.15, 0.2) is 5.65 Å². The number of ether oxygens (including phenoxy) is 1. The highest BCUT2D eigenvalue weighted by Gasteiger charge is 2.29. The van der Waals surface area contributed by atoms with E-state index in [9.17, 15) is 4.79 Å². The van der Waals surface area contributed by atoms with E-state index < -0.39 is 0 Å². The number of hydrogen-bond donors (Lipinski definition) is 1. The monoisotopic (exact) mass is 387 g/mol. The quantitative estimate of drug-likeness (QED) is 0.580. The van der Waals surface area contributed by atoms with E-state index in [2.05, 4.69) is 21.0 Å². The zero-order valence-electron chi connectivity index (χ0n) is 16.1. The van der Waals surface area contributed by atoms with Gasteiger partial charge < -0.3 is 9.64 Å². The highest BCUT2D eigenvalue weighted by molar-refractivity contribution is 5.76. The van der Waals surface area contributed by atoms with Gasteiger partial charge in [-0.2, -0.15) is 10.1 Å². The molecule has 5 rings (SSSR count). The molecule has 0 aliphatic carbocycles. The third-order valence-electron chi connectivity index (χ3n) is 5.43. The molecule has 0 radical (unpaired) electrons. The minimum atomic E-state index is -0.177. The summed E-state index contributed by atoms with van der Waals surface area (Å²) in [4.78, 5) is 22.7. The fourth-order valence-corrected chi connectivity index (χ4v) is 4.02. The molecule has 0 bridgehead atoms. The van der Waals surface area contributed by atoms with Crippen LogP contribution in [0.25, 0.3) is 16.7 Å². The maximum absolute atomic E-state index is 12.7. The van der Waals surface area contributed by atoms with Crippen LogP contribution in [0.4, 0.5) is 5.95 Å². The van der Waals surface area contributed by atoms with Gasteiger partial charge in [0.1, 0.15) is 11.1 Å². The van der Waals surface area contributed by atoms with Crippen molar-refractivity contribution >= 4 is 17.0 Å². The van der Waals surface area contributed by atoms with Crippen LogP contribution in [-0.4, -0.2) is 33.4 Å². The molecule has 1 aliphatic heterocycles. The SMILES string of the molecule is COc1cccc([C@H]2CCCN2c2nc3c(cnn3-c3ccccc3)c(=O)[nH]2)c1. The van der Waals surface area contributed by atoms with Crippen molar-refractivity contribution in [2.75, 3.05) is 18.6 Å². The van der Waals surface area contributed by atoms with Crippen molar-refractivity contribution in [3.63, 3.8) is 0 Å². The Kier molecular flexibility index (Phi) is 4.27. The fourth-order valence-electron chi connectivity index (χ4n) is 4.02. The van der Waals surface area contributed by atoms with Gasteiger partial charge in [0, 0.05) is 6.54 Å². The number of nitrogens with zero attached hydrogens (tertiary/aromatic N) is 4. The van der Waals surface area contributed by atoms with Crippen molar-refractivity contribution in [3.05, 3.63) is 76.7 Å². The molecule has 1 N–H and O–H groups in total. The highest BCUT2D eigenvalue weighted by Crippen LogP contribution is 2.35. The van der Waals surface area contributed by atoms with Crippen LogP contribution in [0.5, 0.6) is 5.75 Å². The summed E-state index contributed by atoms with van der Waals surface area (Å²) < 4.78 is 7.10. The molecule has 0 amide bonds. The Morgan fingerprint density at radius 2 is 2.00 bits per heavy atom. The van der Waals surface area contributed by atoms with Crippen molar-refractivity contribution in [1.29, 1.82) is 0 Å². The summed E-state index contributed by atoms with van der Waals surface area (Å²) in [5.41, 5.74) is 2.41. The third-order valence-corrected chi connectivity index (χ3v) is 5.43. The largest absolute Gasteiger partial charge is 0.497 e. The topological polar surface area (TPSA) is 76.0 Å². The Morgan fingerprint density at radius 3 is 2.83 bits per heavy atom. The maximum atomic E-state index is 12.7. The Morgan fingerprint density at radius 1 is 1.14 bits per heavy atom. The minimum absolute atomic E-state index is 0.138. The number of methoxy groups -OCH3 is 1. The number of nitrogens with one attached hydrogen (secondary N) is 1. The van der Waals surface area contributed by atoms with Crippen molar-refractivity contribution in [2.24, 2.45) is 0 Å². The summed E-state index contributed by atoms with van der Waals surface area (Å²) in [6.45, 7) is 0.829. The van der Waals surface area contributed by atoms with Gasteiger partial charge in [-0.25, -0.2) is 4.68 Å². The third kappa shape index (κ3) is 3.04. The average Bonchev–Trinajstić information content (AvgIpc) is 3.42. The highest BCUT2D eigenvalue weighted by atomic mass is 16.5. The lowest BCUT2D eigenvalue weighted by atomic mass is 10.0. The normalized spacial score (nSPS) is 16.4. The first-order valence-electron chi connectivity index (χ1n) is 9.68. The molecule has 2 aromatic heterocycles. The van der Waals surface area contributed by atoms with Crippen molar-refractivity contribution in [1.82, 2.24) is 19.7 Å². The zero-order valence-corrected chi connectivity index (χ0v) is 16.1. The summed E-state index contributed by atoms with van der Waals surface area (Å²) in [7, 11) is 1.67. The molecule has 1 saturated heterocycles. The van der Waals surface area contributed by atoms with Gasteiger partial charge in [0.2, 0.25) is 5.95 Å². The number of aromatic nitrogens is 4. The number of hydrogen-bond acceptors (Lipinski definition) is 5. The number of H-pyrrole nitrogens is 1. The first kappa shape index (κ1) is 17.5. The number of fused-ring (bicyclic) bond motifs is 1. The smallest absolute Gasteiger partial charge is 0.263 e. The summed E-state index contributed by atoms with van der Waals surface area (Å²) in [6, 6.07) is 17.9. The van der Waals surface area contributed by atoms with E-state index in [1.54, 1.807) is 18.0 Å². The molecule has 0 spiro atoms. The predicted octanol–water partition coefficient (Wildman–Crippen LogP) is 3.46. The molecule has 4 aromatic rings. The van der Waals surface area contributed by atoms with Crippen LogP contribution in [0.15, 0.2) is 65.6 Å². The van der Waals surface area contributed by atoms with Gasteiger partial charge in [0.05, 0.1) is 25.0 Å². The second-order valence-corrected chi connectivity index (χ2v) is 7.15. The van der Waals surface area contributed by atoms with E-state index in [1.807, 2.05) is 48.5 Å². The van der Waals surface area contributed by atoms with Crippen molar-refractivity contribution in [2.45, 2.75) is 18.9 Å². The molecule has 2 aromatic carbocycles. The minimum Gasteiger partial charge on any atom is -0.497 e. The second kappa shape index (κ2) is 7.09. The molecule has 29 heavy (non-hydrogen) atoms. The van der Waals surface area contributed by atoms with Gasteiger partial charge in [0.25, 0.3) is 5.56 Å². The van der Waals surface area contributed by atoms with Crippen molar-refractivity contribution < 1.29 is 4.74 Å². The number of benzene rings is 2. The van der Waals surface area contributed by atoms with E-state index in [-0.39, 0.29) is 11.6 Å². The van der Waals surface area contributed by atoms with Crippen LogP contribution in [0.1, 0.15) is 24.4 Å². The Hall–Kier alpha value is -3.61. The molecule has 3 heterocycles. The van der Waals surface area contributed by atoms with E-state index in [0.29, 0.717) is 17.0 Å². The van der Waals surface area contributed by atoms with Crippen LogP contribution in [0, 0.1) is 0 Å². The predicted molar refractivity (Wildman–Crippen MR) is 112 cm³/mol. The first-order chi connectivity index (χ1) is 14.2. The van der Waals surface area contributed by atoms with Gasteiger partial charge in [-0.3, -0.25) is 9.78 Å². The number of rotatable bonds is 4. The summed E-state index contributed by atoms with van der Waals surface area (Å²) in [5, 5.41) is 4.87. The van der Waals surface area contributed by atoms with Gasteiger partial charge in [-0.15, -0.1) is 0 Å². The average molecular weight is 387 g/mol. The molecule has 0 saturated carbocycles. The summed E-state index contributed by atoms with van der Waals surface area (Å²) in [6.07, 6.45) is 3.59. The first-order valence-corrected chi connectivity index (χ1v) is 9.68. The molecule has 7 heteroatoms. The molecule has 7 nitrogen and oxygen atoms in total. The zero-order chi connectivity index (χ0) is 19.8. The van der Waals surface area contributed by atoms with E-state index in [0.717, 1.165) is 36.4 Å². The van der Waals surface area contributed by atoms with Crippen LogP contribution in [0.3, 0.4) is 0 Å². The summed E-state index contributed by atoms with van der Waals surface area (Å²) in [5.74, 6) is 1.40. The molecule has 0 unspecified atom stereocenters. The van der Waals surface area contributed by atoms with Gasteiger partial charge in [-0.1, -0.05) is 30.3 Å². The van der Waals surface area contributed by atoms with E-state index in [1.165, 1.54) is 0 Å². The van der Waals surface area contributed by atoms with E-state index >= 15 is 0 Å². The number of anilines is 1. The maximum Gasteiger partial charge on any atom is 0.263 e. The second-order valence-electron chi connectivity index (χ2n) is 7.15. The van der Waals surface area contributed by atoms with Crippen molar-refractivity contribution in [3.8, 4) is 11.4 Å². The molecule has 1 aliphatic rings. The van der Waals surface area contributed by atoms with Crippen LogP contribution >= 0.6 is 0 Å².